The molecule has 1 aliphatic carbocycles. The summed E-state index contributed by atoms with van der Waals surface area (Å²) >= 11 is 1.62. The van der Waals surface area contributed by atoms with E-state index in [1.807, 2.05) is 25.5 Å². The van der Waals surface area contributed by atoms with Gasteiger partial charge in [0.1, 0.15) is 6.10 Å². The number of imidazole rings is 1. The van der Waals surface area contributed by atoms with Crippen molar-refractivity contribution in [2.75, 3.05) is 19.5 Å². The Balaban J connectivity index is 1.19. The Morgan fingerprint density at radius 3 is 2.94 bits per heavy atom. The van der Waals surface area contributed by atoms with Crippen molar-refractivity contribution in [1.82, 2.24) is 30.6 Å². The van der Waals surface area contributed by atoms with Crippen LogP contribution < -0.4 is 16.3 Å². The predicted octanol–water partition coefficient (Wildman–Crippen LogP) is 2.65. The van der Waals surface area contributed by atoms with E-state index < -0.39 is 6.10 Å². The molecule has 1 fully saturated rings. The summed E-state index contributed by atoms with van der Waals surface area (Å²) in [5.41, 5.74) is 11.1. The summed E-state index contributed by atoms with van der Waals surface area (Å²) in [5, 5.41) is 20.8. The van der Waals surface area contributed by atoms with Crippen LogP contribution in [0.25, 0.3) is 21.3 Å². The molecule has 4 N–H and O–H groups in total. The van der Waals surface area contributed by atoms with Crippen LogP contribution in [-0.2, 0) is 11.3 Å². The van der Waals surface area contributed by atoms with Crippen LogP contribution in [0.5, 0.6) is 0 Å². The number of fused-ring (bicyclic) bond motifs is 2. The minimum atomic E-state index is -0.528. The number of ether oxygens (including phenoxy) is 1. The minimum Gasteiger partial charge on any atom is -0.388 e. The zero-order valence-corrected chi connectivity index (χ0v) is 20.4. The van der Waals surface area contributed by atoms with Gasteiger partial charge in [-0.15, -0.1) is 10.2 Å². The van der Waals surface area contributed by atoms with E-state index in [1.54, 1.807) is 23.6 Å². The largest absolute Gasteiger partial charge is 0.388 e. The van der Waals surface area contributed by atoms with E-state index in [1.165, 1.54) is 5.56 Å². The van der Waals surface area contributed by atoms with Crippen molar-refractivity contribution >= 4 is 43.6 Å². The molecule has 0 radical (unpaired) electrons. The van der Waals surface area contributed by atoms with Crippen LogP contribution in [0.1, 0.15) is 30.4 Å². The van der Waals surface area contributed by atoms with E-state index in [9.17, 15) is 5.11 Å². The van der Waals surface area contributed by atoms with Crippen LogP contribution >= 0.6 is 11.3 Å². The molecule has 3 atom stereocenters. The van der Waals surface area contributed by atoms with Crippen LogP contribution in [0.2, 0.25) is 0 Å². The SMILES string of the molecule is COC1CCCC(Nc2nc3ccc(Cn4cnc5cc(C6=NNN(C)N6)ccc54)cc3s2)C1O. The van der Waals surface area contributed by atoms with Crippen molar-refractivity contribution in [3.8, 4) is 0 Å². The van der Waals surface area contributed by atoms with Crippen molar-refractivity contribution in [2.24, 2.45) is 5.10 Å². The standard InChI is InChI=1S/C24H28N8O2S/c1-31-29-23(28-30-31)15-7-9-19-18(11-15)25-13-32(19)12-14-6-8-16-21(10-14)35-24(26-16)27-17-4-3-5-20(34-2)22(17)33/h6-11,13,17,20,22,30,33H,3-5,12H2,1-2H3,(H,26,27)(H,28,29). The number of aliphatic hydroxyl groups excluding tert-OH is 1. The summed E-state index contributed by atoms with van der Waals surface area (Å²) in [7, 11) is 3.52. The monoisotopic (exact) mass is 492 g/mol. The second-order valence-corrected chi connectivity index (χ2v) is 10.1. The van der Waals surface area contributed by atoms with Gasteiger partial charge >= 0.3 is 0 Å². The quantitative estimate of drug-likeness (QED) is 0.325. The first-order chi connectivity index (χ1) is 17.1. The minimum absolute atomic E-state index is 0.0440. The molecule has 3 unspecified atom stereocenters. The molecule has 1 aliphatic heterocycles. The fourth-order valence-corrected chi connectivity index (χ4v) is 5.83. The van der Waals surface area contributed by atoms with Crippen molar-refractivity contribution < 1.29 is 9.84 Å². The number of anilines is 1. The number of hydrogen-bond donors (Lipinski definition) is 4. The van der Waals surface area contributed by atoms with Crippen LogP contribution in [0, 0.1) is 0 Å². The van der Waals surface area contributed by atoms with Crippen LogP contribution in [0.15, 0.2) is 47.8 Å². The van der Waals surface area contributed by atoms with Crippen molar-refractivity contribution in [3.63, 3.8) is 0 Å². The third-order valence-corrected chi connectivity index (χ3v) is 7.64. The van der Waals surface area contributed by atoms with Crippen molar-refractivity contribution in [2.45, 2.75) is 44.1 Å². The molecule has 4 aromatic rings. The fourth-order valence-electron chi connectivity index (χ4n) is 4.84. The van der Waals surface area contributed by atoms with E-state index in [4.69, 9.17) is 9.72 Å². The van der Waals surface area contributed by atoms with Gasteiger partial charge in [0.05, 0.1) is 39.7 Å². The highest BCUT2D eigenvalue weighted by molar-refractivity contribution is 7.22. The van der Waals surface area contributed by atoms with Crippen molar-refractivity contribution in [1.29, 1.82) is 0 Å². The molecule has 2 aromatic heterocycles. The highest BCUT2D eigenvalue weighted by Crippen LogP contribution is 2.31. The first kappa shape index (κ1) is 22.2. The lowest BCUT2D eigenvalue weighted by Crippen LogP contribution is -2.46. The fraction of sp³-hybridized carbons (Fsp3) is 0.375. The molecule has 35 heavy (non-hydrogen) atoms. The summed E-state index contributed by atoms with van der Waals surface area (Å²) in [6, 6.07) is 12.5. The molecule has 1 saturated carbocycles. The number of hydrazone groups is 1. The highest BCUT2D eigenvalue weighted by atomic mass is 32.1. The van der Waals surface area contributed by atoms with Gasteiger partial charge < -0.3 is 19.7 Å². The Kier molecular flexibility index (Phi) is 5.77. The average Bonchev–Trinajstić information content (AvgIpc) is 3.58. The van der Waals surface area contributed by atoms with Gasteiger partial charge in [0.15, 0.2) is 11.0 Å². The van der Waals surface area contributed by atoms with Crippen molar-refractivity contribution in [3.05, 3.63) is 53.9 Å². The van der Waals surface area contributed by atoms with Crippen LogP contribution in [-0.4, -0.2) is 63.0 Å². The number of benzene rings is 2. The Bertz CT molecular complexity index is 1400. The molecule has 0 saturated heterocycles. The van der Waals surface area contributed by atoms with Gasteiger partial charge in [0.25, 0.3) is 0 Å². The van der Waals surface area contributed by atoms with E-state index >= 15 is 0 Å². The molecule has 10 nitrogen and oxygen atoms in total. The lowest BCUT2D eigenvalue weighted by atomic mass is 9.90. The molecule has 2 aliphatic rings. The lowest BCUT2D eigenvalue weighted by Gasteiger charge is -2.34. The Hall–Kier alpha value is -3.25. The Morgan fingerprint density at radius 2 is 2.11 bits per heavy atom. The molecule has 3 heterocycles. The van der Waals surface area contributed by atoms with Crippen LogP contribution in [0.3, 0.4) is 0 Å². The number of rotatable bonds is 6. The first-order valence-corrected chi connectivity index (χ1v) is 12.5. The number of hydrazine groups is 2. The van der Waals surface area contributed by atoms with E-state index in [2.05, 4.69) is 55.2 Å². The molecule has 182 valence electrons. The summed E-state index contributed by atoms with van der Waals surface area (Å²) < 4.78 is 8.70. The van der Waals surface area contributed by atoms with Gasteiger partial charge in [-0.2, -0.15) is 0 Å². The number of hydrogen-bond acceptors (Lipinski definition) is 10. The molecular formula is C24H28N8O2S. The molecule has 6 rings (SSSR count). The number of amidine groups is 1. The molecule has 0 amide bonds. The highest BCUT2D eigenvalue weighted by Gasteiger charge is 2.32. The molecular weight excluding hydrogens is 464 g/mol. The first-order valence-electron chi connectivity index (χ1n) is 11.7. The predicted molar refractivity (Wildman–Crippen MR) is 137 cm³/mol. The number of nitrogens with one attached hydrogen (secondary N) is 3. The van der Waals surface area contributed by atoms with Gasteiger partial charge in [0, 0.05) is 26.3 Å². The van der Waals surface area contributed by atoms with Crippen LogP contribution in [0.4, 0.5) is 5.13 Å². The van der Waals surface area contributed by atoms with E-state index in [-0.39, 0.29) is 12.1 Å². The number of thiazole rings is 1. The Labute approximate surface area is 206 Å². The topological polar surface area (TPSA) is 112 Å². The summed E-state index contributed by atoms with van der Waals surface area (Å²) in [6.45, 7) is 0.715. The second-order valence-electron chi connectivity index (χ2n) is 9.07. The van der Waals surface area contributed by atoms with Gasteiger partial charge in [-0.25, -0.2) is 15.5 Å². The normalized spacial score (nSPS) is 22.8. The van der Waals surface area contributed by atoms with Gasteiger partial charge in [0.2, 0.25) is 0 Å². The Morgan fingerprint density at radius 1 is 1.20 bits per heavy atom. The number of aromatic nitrogens is 3. The molecule has 0 bridgehead atoms. The van der Waals surface area contributed by atoms with Gasteiger partial charge in [-0.3, -0.25) is 5.43 Å². The van der Waals surface area contributed by atoms with E-state index in [0.717, 1.165) is 57.0 Å². The third kappa shape index (κ3) is 4.31. The lowest BCUT2D eigenvalue weighted by molar-refractivity contribution is -0.0420. The second kappa shape index (κ2) is 9.08. The zero-order chi connectivity index (χ0) is 23.9. The summed E-state index contributed by atoms with van der Waals surface area (Å²) in [4.78, 5) is 9.35. The van der Waals surface area contributed by atoms with Gasteiger partial charge in [-0.05, 0) is 55.2 Å². The third-order valence-electron chi connectivity index (χ3n) is 6.69. The number of aliphatic hydroxyl groups is 1. The smallest absolute Gasteiger partial charge is 0.184 e. The summed E-state index contributed by atoms with van der Waals surface area (Å²) in [5.74, 6) is 0.766. The number of nitrogens with zero attached hydrogens (tertiary/aromatic N) is 5. The molecule has 11 heteroatoms. The maximum absolute atomic E-state index is 10.6. The average molecular weight is 493 g/mol. The summed E-state index contributed by atoms with van der Waals surface area (Å²) in [6.07, 6.45) is 4.06. The molecule has 2 aromatic carbocycles. The number of methoxy groups -OCH3 is 1. The zero-order valence-electron chi connectivity index (χ0n) is 19.6. The molecule has 0 spiro atoms. The maximum atomic E-state index is 10.6. The van der Waals surface area contributed by atoms with E-state index in [0.29, 0.717) is 6.54 Å². The van der Waals surface area contributed by atoms with Gasteiger partial charge in [-0.1, -0.05) is 17.4 Å². The maximum Gasteiger partial charge on any atom is 0.184 e.